The Labute approximate surface area is 72.1 Å². The Balaban J connectivity index is 4.66. The first-order chi connectivity index (χ1) is 5.67. The lowest BCUT2D eigenvalue weighted by atomic mass is 10.1. The molecule has 1 atom stereocenters. The summed E-state index contributed by atoms with van der Waals surface area (Å²) in [7, 11) is 1.58. The molecule has 0 spiro atoms. The molecule has 0 aromatic carbocycles. The monoisotopic (exact) mass is 167 g/mol. The van der Waals surface area contributed by atoms with Gasteiger partial charge in [-0.05, 0) is 12.6 Å². The molecule has 12 heavy (non-hydrogen) atoms. The van der Waals surface area contributed by atoms with Crippen molar-refractivity contribution in [3.05, 3.63) is 37.0 Å². The lowest BCUT2D eigenvalue weighted by molar-refractivity contribution is -0.138. The Kier molecular flexibility index (Phi) is 4.72. The number of rotatable bonds is 5. The maximum absolute atomic E-state index is 10.6. The van der Waals surface area contributed by atoms with Gasteiger partial charge in [-0.15, -0.1) is 0 Å². The second-order valence-corrected chi connectivity index (χ2v) is 2.17. The van der Waals surface area contributed by atoms with Crippen molar-refractivity contribution >= 4 is 5.97 Å². The van der Waals surface area contributed by atoms with Crippen LogP contribution in [0.15, 0.2) is 37.0 Å². The van der Waals surface area contributed by atoms with Crippen LogP contribution in [0.4, 0.5) is 0 Å². The summed E-state index contributed by atoms with van der Waals surface area (Å²) in [5.41, 5.74) is 0.597. The quantitative estimate of drug-likeness (QED) is 0.599. The number of aliphatic carboxylic acids is 1. The van der Waals surface area contributed by atoms with Gasteiger partial charge in [-0.3, -0.25) is 4.79 Å². The van der Waals surface area contributed by atoms with Crippen molar-refractivity contribution in [2.75, 3.05) is 7.05 Å². The molecule has 0 fully saturated rings. The largest absolute Gasteiger partial charge is 0.480 e. The van der Waals surface area contributed by atoms with Gasteiger partial charge in [-0.1, -0.05) is 31.4 Å². The Morgan fingerprint density at radius 1 is 1.58 bits per heavy atom. The zero-order valence-corrected chi connectivity index (χ0v) is 7.08. The van der Waals surface area contributed by atoms with Crippen molar-refractivity contribution < 1.29 is 9.90 Å². The van der Waals surface area contributed by atoms with Crippen LogP contribution in [0, 0.1) is 0 Å². The van der Waals surface area contributed by atoms with Crippen LogP contribution in [0.25, 0.3) is 0 Å². The minimum atomic E-state index is -0.925. The van der Waals surface area contributed by atoms with Gasteiger partial charge in [0.1, 0.15) is 6.04 Å². The number of hydrogen-bond acceptors (Lipinski definition) is 2. The molecule has 2 N–H and O–H groups in total. The van der Waals surface area contributed by atoms with Crippen molar-refractivity contribution in [3.8, 4) is 0 Å². The van der Waals surface area contributed by atoms with Gasteiger partial charge in [0.25, 0.3) is 0 Å². The van der Waals surface area contributed by atoms with E-state index >= 15 is 0 Å². The second-order valence-electron chi connectivity index (χ2n) is 2.17. The highest BCUT2D eigenvalue weighted by Crippen LogP contribution is 2.03. The van der Waals surface area contributed by atoms with Crippen molar-refractivity contribution in [2.45, 2.75) is 6.04 Å². The van der Waals surface area contributed by atoms with E-state index in [1.165, 1.54) is 12.2 Å². The zero-order chi connectivity index (χ0) is 9.56. The Morgan fingerprint density at radius 2 is 2.17 bits per heavy atom. The summed E-state index contributed by atoms with van der Waals surface area (Å²) in [6, 6.07) is -0.708. The Morgan fingerprint density at radius 3 is 2.42 bits per heavy atom. The smallest absolute Gasteiger partial charge is 0.325 e. The molecular weight excluding hydrogens is 154 g/mol. The average Bonchev–Trinajstić information content (AvgIpc) is 2.03. The van der Waals surface area contributed by atoms with Gasteiger partial charge in [0.05, 0.1) is 0 Å². The van der Waals surface area contributed by atoms with Crippen LogP contribution in [0.1, 0.15) is 0 Å². The standard InChI is InChI=1S/C9H13NO2/c1-4-6-7(5-2)8(10-3)9(11)12/h4-6,8,10H,1-2H2,3H3,(H,11,12)/b7-6+. The topological polar surface area (TPSA) is 49.3 Å². The summed E-state index contributed by atoms with van der Waals surface area (Å²) >= 11 is 0. The molecule has 1 unspecified atom stereocenters. The molecule has 0 heterocycles. The summed E-state index contributed by atoms with van der Waals surface area (Å²) in [4.78, 5) is 10.6. The molecule has 0 aliphatic carbocycles. The molecule has 0 aromatic rings. The van der Waals surface area contributed by atoms with Crippen molar-refractivity contribution in [2.24, 2.45) is 0 Å². The van der Waals surface area contributed by atoms with Crippen LogP contribution in [0.3, 0.4) is 0 Å². The van der Waals surface area contributed by atoms with Gasteiger partial charge in [-0.25, -0.2) is 0 Å². The predicted molar refractivity (Wildman–Crippen MR) is 49.0 cm³/mol. The van der Waals surface area contributed by atoms with Gasteiger partial charge in [0.2, 0.25) is 0 Å². The molecule has 0 bridgehead atoms. The van der Waals surface area contributed by atoms with E-state index in [9.17, 15) is 4.79 Å². The molecule has 0 aliphatic heterocycles. The van der Waals surface area contributed by atoms with E-state index in [1.54, 1.807) is 13.1 Å². The highest BCUT2D eigenvalue weighted by atomic mass is 16.4. The summed E-state index contributed by atoms with van der Waals surface area (Å²) < 4.78 is 0. The first kappa shape index (κ1) is 10.7. The van der Waals surface area contributed by atoms with Crippen molar-refractivity contribution in [3.63, 3.8) is 0 Å². The normalized spacial score (nSPS) is 13.6. The van der Waals surface area contributed by atoms with Crippen LogP contribution in [-0.2, 0) is 4.79 Å². The molecule has 0 amide bonds. The number of carbonyl (C=O) groups is 1. The summed E-state index contributed by atoms with van der Waals surface area (Å²) in [6.45, 7) is 6.99. The fourth-order valence-corrected chi connectivity index (χ4v) is 0.851. The number of likely N-dealkylation sites (N-methyl/N-ethyl adjacent to an activating group) is 1. The molecule has 0 radical (unpaired) electrons. The number of carboxylic acids is 1. The lowest BCUT2D eigenvalue weighted by Gasteiger charge is -2.11. The van der Waals surface area contributed by atoms with Crippen LogP contribution in [0.5, 0.6) is 0 Å². The van der Waals surface area contributed by atoms with Gasteiger partial charge in [0.15, 0.2) is 0 Å². The molecule has 66 valence electrons. The molecule has 0 saturated heterocycles. The molecule has 0 aromatic heterocycles. The van der Waals surface area contributed by atoms with E-state index in [-0.39, 0.29) is 0 Å². The van der Waals surface area contributed by atoms with Crippen molar-refractivity contribution in [1.82, 2.24) is 5.32 Å². The fraction of sp³-hybridized carbons (Fsp3) is 0.222. The average molecular weight is 167 g/mol. The van der Waals surface area contributed by atoms with Gasteiger partial charge < -0.3 is 10.4 Å². The minimum absolute atomic E-state index is 0.597. The third-order valence-corrected chi connectivity index (χ3v) is 1.41. The van der Waals surface area contributed by atoms with E-state index in [4.69, 9.17) is 5.11 Å². The summed E-state index contributed by atoms with van der Waals surface area (Å²) in [5, 5.41) is 11.4. The minimum Gasteiger partial charge on any atom is -0.480 e. The summed E-state index contributed by atoms with van der Waals surface area (Å²) in [6.07, 6.45) is 4.64. The van der Waals surface area contributed by atoms with E-state index < -0.39 is 12.0 Å². The van der Waals surface area contributed by atoms with Gasteiger partial charge in [0, 0.05) is 0 Å². The highest BCUT2D eigenvalue weighted by Gasteiger charge is 2.16. The molecule has 3 nitrogen and oxygen atoms in total. The van der Waals surface area contributed by atoms with Crippen LogP contribution in [0.2, 0.25) is 0 Å². The van der Waals surface area contributed by atoms with Crippen molar-refractivity contribution in [1.29, 1.82) is 0 Å². The SMILES string of the molecule is C=C/C=C(\C=C)C(NC)C(=O)O. The molecule has 0 aliphatic rings. The van der Waals surface area contributed by atoms with E-state index in [1.807, 2.05) is 0 Å². The zero-order valence-electron chi connectivity index (χ0n) is 7.08. The third-order valence-electron chi connectivity index (χ3n) is 1.41. The molecule has 0 saturated carbocycles. The van der Waals surface area contributed by atoms with Crippen LogP contribution in [-0.4, -0.2) is 24.2 Å². The first-order valence-electron chi connectivity index (χ1n) is 3.52. The van der Waals surface area contributed by atoms with E-state index in [0.717, 1.165) is 0 Å². The fourth-order valence-electron chi connectivity index (χ4n) is 0.851. The van der Waals surface area contributed by atoms with Gasteiger partial charge >= 0.3 is 5.97 Å². The first-order valence-corrected chi connectivity index (χ1v) is 3.52. The predicted octanol–water partition coefficient (Wildman–Crippen LogP) is 0.957. The number of nitrogens with one attached hydrogen (secondary N) is 1. The van der Waals surface area contributed by atoms with E-state index in [0.29, 0.717) is 5.57 Å². The van der Waals surface area contributed by atoms with E-state index in [2.05, 4.69) is 18.5 Å². The second kappa shape index (κ2) is 5.32. The maximum Gasteiger partial charge on any atom is 0.325 e. The van der Waals surface area contributed by atoms with Crippen LogP contribution >= 0.6 is 0 Å². The maximum atomic E-state index is 10.6. The Hall–Kier alpha value is -1.35. The molecular formula is C9H13NO2. The Bertz CT molecular complexity index is 219. The molecule has 0 rings (SSSR count). The third kappa shape index (κ3) is 2.72. The highest BCUT2D eigenvalue weighted by molar-refractivity contribution is 5.78. The lowest BCUT2D eigenvalue weighted by Crippen LogP contribution is -2.35. The molecule has 3 heteroatoms. The number of hydrogen-bond donors (Lipinski definition) is 2. The van der Waals surface area contributed by atoms with Gasteiger partial charge in [-0.2, -0.15) is 0 Å². The number of allylic oxidation sites excluding steroid dienone is 2. The number of carboxylic acid groups (broad SMARTS) is 1. The summed E-state index contributed by atoms with van der Waals surface area (Å²) in [5.74, 6) is -0.925. The van der Waals surface area contributed by atoms with Crippen LogP contribution < -0.4 is 5.32 Å².